The van der Waals surface area contributed by atoms with Crippen LogP contribution in [0.5, 0.6) is 0 Å². The van der Waals surface area contributed by atoms with Gasteiger partial charge in [0, 0.05) is 20.1 Å². The molecule has 0 aliphatic carbocycles. The SMILES string of the molecule is COCC(N)C(=O)CCCOCc1ccccc1. The second-order valence-electron chi connectivity index (χ2n) is 4.17. The van der Waals surface area contributed by atoms with Crippen LogP contribution >= 0.6 is 0 Å². The molecule has 0 amide bonds. The Kier molecular flexibility index (Phi) is 7.25. The number of hydrogen-bond acceptors (Lipinski definition) is 4. The van der Waals surface area contributed by atoms with E-state index >= 15 is 0 Å². The number of benzene rings is 1. The Hall–Kier alpha value is -1.23. The highest BCUT2D eigenvalue weighted by Gasteiger charge is 2.12. The average molecular weight is 251 g/mol. The van der Waals surface area contributed by atoms with Crippen LogP contribution in [-0.2, 0) is 20.9 Å². The third-order valence-corrected chi connectivity index (χ3v) is 2.58. The molecule has 1 unspecified atom stereocenters. The lowest BCUT2D eigenvalue weighted by atomic mass is 10.1. The number of ketones is 1. The predicted octanol–water partition coefficient (Wildman–Crippen LogP) is 1.53. The van der Waals surface area contributed by atoms with Gasteiger partial charge >= 0.3 is 0 Å². The predicted molar refractivity (Wildman–Crippen MR) is 70.2 cm³/mol. The minimum absolute atomic E-state index is 0.0279. The van der Waals surface area contributed by atoms with Crippen LogP contribution in [0.1, 0.15) is 18.4 Å². The van der Waals surface area contributed by atoms with Gasteiger partial charge in [0.2, 0.25) is 0 Å². The molecule has 4 heteroatoms. The van der Waals surface area contributed by atoms with E-state index in [2.05, 4.69) is 0 Å². The van der Waals surface area contributed by atoms with Gasteiger partial charge in [-0.3, -0.25) is 4.79 Å². The van der Waals surface area contributed by atoms with Crippen molar-refractivity contribution >= 4 is 5.78 Å². The van der Waals surface area contributed by atoms with Gasteiger partial charge in [-0.05, 0) is 12.0 Å². The third-order valence-electron chi connectivity index (χ3n) is 2.58. The molecule has 0 aromatic heterocycles. The number of rotatable bonds is 9. The molecule has 0 aliphatic rings. The topological polar surface area (TPSA) is 61.5 Å². The normalized spacial score (nSPS) is 12.3. The van der Waals surface area contributed by atoms with E-state index in [1.165, 1.54) is 7.11 Å². The highest BCUT2D eigenvalue weighted by molar-refractivity contribution is 5.83. The first kappa shape index (κ1) is 14.8. The summed E-state index contributed by atoms with van der Waals surface area (Å²) in [6.45, 7) is 1.43. The zero-order valence-corrected chi connectivity index (χ0v) is 10.8. The summed E-state index contributed by atoms with van der Waals surface area (Å²) in [5, 5.41) is 0. The fraction of sp³-hybridized carbons (Fsp3) is 0.500. The van der Waals surface area contributed by atoms with Crippen LogP contribution in [0.25, 0.3) is 0 Å². The lowest BCUT2D eigenvalue weighted by Crippen LogP contribution is -2.34. The summed E-state index contributed by atoms with van der Waals surface area (Å²) < 4.78 is 10.3. The first-order chi connectivity index (χ1) is 8.74. The minimum atomic E-state index is -0.510. The van der Waals surface area contributed by atoms with E-state index in [0.717, 1.165) is 5.56 Å². The largest absolute Gasteiger partial charge is 0.383 e. The van der Waals surface area contributed by atoms with Crippen LogP contribution in [0.15, 0.2) is 30.3 Å². The van der Waals surface area contributed by atoms with Crippen LogP contribution < -0.4 is 5.73 Å². The lowest BCUT2D eigenvalue weighted by Gasteiger charge is -2.09. The molecule has 0 fully saturated rings. The Morgan fingerprint density at radius 3 is 2.72 bits per heavy atom. The van der Waals surface area contributed by atoms with E-state index in [9.17, 15) is 4.79 Å². The van der Waals surface area contributed by atoms with Crippen molar-refractivity contribution in [3.8, 4) is 0 Å². The van der Waals surface area contributed by atoms with Crippen molar-refractivity contribution in [3.63, 3.8) is 0 Å². The Morgan fingerprint density at radius 2 is 2.06 bits per heavy atom. The van der Waals surface area contributed by atoms with Crippen molar-refractivity contribution in [2.45, 2.75) is 25.5 Å². The van der Waals surface area contributed by atoms with Gasteiger partial charge in [0.25, 0.3) is 0 Å². The van der Waals surface area contributed by atoms with E-state index < -0.39 is 6.04 Å². The van der Waals surface area contributed by atoms with Crippen LogP contribution in [-0.4, -0.2) is 32.1 Å². The summed E-state index contributed by atoms with van der Waals surface area (Å²) in [6.07, 6.45) is 1.14. The summed E-state index contributed by atoms with van der Waals surface area (Å²) in [6, 6.07) is 9.44. The second kappa shape index (κ2) is 8.80. The number of nitrogens with two attached hydrogens (primary N) is 1. The molecular formula is C14H21NO3. The molecule has 1 rings (SSSR count). The van der Waals surface area contributed by atoms with Gasteiger partial charge in [0.05, 0.1) is 19.3 Å². The standard InChI is InChI=1S/C14H21NO3/c1-17-11-13(15)14(16)8-5-9-18-10-12-6-3-2-4-7-12/h2-4,6-7,13H,5,8-11,15H2,1H3. The van der Waals surface area contributed by atoms with Crippen LogP contribution in [0.3, 0.4) is 0 Å². The van der Waals surface area contributed by atoms with E-state index in [4.69, 9.17) is 15.2 Å². The Balaban J connectivity index is 2.07. The molecule has 2 N–H and O–H groups in total. The molecular weight excluding hydrogens is 230 g/mol. The Labute approximate surface area is 108 Å². The van der Waals surface area contributed by atoms with Crippen molar-refractivity contribution in [2.24, 2.45) is 5.73 Å². The molecule has 18 heavy (non-hydrogen) atoms. The number of ether oxygens (including phenoxy) is 2. The summed E-state index contributed by atoms with van der Waals surface area (Å²) >= 11 is 0. The Bertz CT molecular complexity index is 340. The molecule has 0 saturated heterocycles. The van der Waals surface area contributed by atoms with Crippen LogP contribution in [0, 0.1) is 0 Å². The number of carbonyl (C=O) groups excluding carboxylic acids is 1. The quantitative estimate of drug-likeness (QED) is 0.676. The number of carbonyl (C=O) groups is 1. The molecule has 0 spiro atoms. The van der Waals surface area contributed by atoms with Gasteiger partial charge < -0.3 is 15.2 Å². The van der Waals surface area contributed by atoms with Gasteiger partial charge in [0.15, 0.2) is 5.78 Å². The summed E-state index contributed by atoms with van der Waals surface area (Å²) in [5.74, 6) is 0.0279. The van der Waals surface area contributed by atoms with Crippen molar-refractivity contribution in [2.75, 3.05) is 20.3 Å². The van der Waals surface area contributed by atoms with Crippen LogP contribution in [0.4, 0.5) is 0 Å². The van der Waals surface area contributed by atoms with Crippen molar-refractivity contribution in [3.05, 3.63) is 35.9 Å². The second-order valence-corrected chi connectivity index (χ2v) is 4.17. The summed E-state index contributed by atoms with van der Waals surface area (Å²) in [7, 11) is 1.54. The molecule has 4 nitrogen and oxygen atoms in total. The number of Topliss-reactive ketones (excluding diaryl/α,β-unsaturated/α-hetero) is 1. The van der Waals surface area contributed by atoms with E-state index in [1.54, 1.807) is 0 Å². The zero-order valence-electron chi connectivity index (χ0n) is 10.8. The maximum atomic E-state index is 11.5. The molecule has 1 aromatic rings. The summed E-state index contributed by atoms with van der Waals surface area (Å²) in [4.78, 5) is 11.5. The average Bonchev–Trinajstić information content (AvgIpc) is 2.39. The minimum Gasteiger partial charge on any atom is -0.383 e. The first-order valence-corrected chi connectivity index (χ1v) is 6.13. The van der Waals surface area contributed by atoms with Gasteiger partial charge in [-0.15, -0.1) is 0 Å². The molecule has 1 atom stereocenters. The molecule has 1 aromatic carbocycles. The fourth-order valence-electron chi connectivity index (χ4n) is 1.57. The lowest BCUT2D eigenvalue weighted by molar-refractivity contribution is -0.121. The number of hydrogen-bond donors (Lipinski definition) is 1. The maximum absolute atomic E-state index is 11.5. The van der Waals surface area contributed by atoms with E-state index in [-0.39, 0.29) is 12.4 Å². The Morgan fingerprint density at radius 1 is 1.33 bits per heavy atom. The number of methoxy groups -OCH3 is 1. The fourth-order valence-corrected chi connectivity index (χ4v) is 1.57. The molecule has 0 bridgehead atoms. The highest BCUT2D eigenvalue weighted by Crippen LogP contribution is 2.02. The van der Waals surface area contributed by atoms with Gasteiger partial charge in [-0.2, -0.15) is 0 Å². The zero-order chi connectivity index (χ0) is 13.2. The molecule has 0 radical (unpaired) electrons. The molecule has 0 aliphatic heterocycles. The van der Waals surface area contributed by atoms with Gasteiger partial charge in [-0.25, -0.2) is 0 Å². The smallest absolute Gasteiger partial charge is 0.151 e. The van der Waals surface area contributed by atoms with Crippen LogP contribution in [0.2, 0.25) is 0 Å². The molecule has 100 valence electrons. The maximum Gasteiger partial charge on any atom is 0.151 e. The molecule has 0 saturated carbocycles. The van der Waals surface area contributed by atoms with Crippen molar-refractivity contribution in [1.82, 2.24) is 0 Å². The monoisotopic (exact) mass is 251 g/mol. The third kappa shape index (κ3) is 5.91. The summed E-state index contributed by atoms with van der Waals surface area (Å²) in [5.41, 5.74) is 6.76. The first-order valence-electron chi connectivity index (χ1n) is 6.13. The van der Waals surface area contributed by atoms with E-state index in [0.29, 0.717) is 26.1 Å². The van der Waals surface area contributed by atoms with Gasteiger partial charge in [-0.1, -0.05) is 30.3 Å². The van der Waals surface area contributed by atoms with Gasteiger partial charge in [0.1, 0.15) is 0 Å². The highest BCUT2D eigenvalue weighted by atomic mass is 16.5. The van der Waals surface area contributed by atoms with Crippen molar-refractivity contribution in [1.29, 1.82) is 0 Å². The van der Waals surface area contributed by atoms with E-state index in [1.807, 2.05) is 30.3 Å². The molecule has 0 heterocycles. The van der Waals surface area contributed by atoms with Crippen molar-refractivity contribution < 1.29 is 14.3 Å².